The summed E-state index contributed by atoms with van der Waals surface area (Å²) in [5.74, 6) is 2.42. The van der Waals surface area contributed by atoms with Crippen molar-refractivity contribution < 1.29 is 4.74 Å². The van der Waals surface area contributed by atoms with Crippen molar-refractivity contribution in [3.05, 3.63) is 0 Å². The third-order valence-electron chi connectivity index (χ3n) is 3.07. The van der Waals surface area contributed by atoms with E-state index in [2.05, 4.69) is 6.92 Å². The Balaban J connectivity index is 1.81. The maximum atomic E-state index is 6.14. The van der Waals surface area contributed by atoms with Crippen LogP contribution in [0.15, 0.2) is 0 Å². The van der Waals surface area contributed by atoms with Crippen molar-refractivity contribution in [1.82, 2.24) is 0 Å². The molecule has 0 aromatic heterocycles. The van der Waals surface area contributed by atoms with Gasteiger partial charge < -0.3 is 4.74 Å². The van der Waals surface area contributed by atoms with Crippen molar-refractivity contribution in [3.63, 3.8) is 0 Å². The van der Waals surface area contributed by atoms with Crippen LogP contribution in [0, 0.1) is 0 Å². The third kappa shape index (κ3) is 6.36. The molecule has 1 fully saturated rings. The molecule has 0 N–H and O–H groups in total. The third-order valence-corrected chi connectivity index (χ3v) is 4.61. The Hall–Kier alpha value is 0.600. The number of thioether (sulfide) groups is 1. The van der Waals surface area contributed by atoms with E-state index >= 15 is 0 Å². The fourth-order valence-electron chi connectivity index (χ4n) is 2.06. The van der Waals surface area contributed by atoms with Gasteiger partial charge in [-0.15, -0.1) is 11.6 Å². The molecule has 0 radical (unpaired) electrons. The summed E-state index contributed by atoms with van der Waals surface area (Å²) >= 11 is 8.16. The topological polar surface area (TPSA) is 9.23 Å². The lowest BCUT2D eigenvalue weighted by molar-refractivity contribution is 0.0727. The Morgan fingerprint density at radius 3 is 2.75 bits per heavy atom. The predicted molar refractivity (Wildman–Crippen MR) is 74.7 cm³/mol. The summed E-state index contributed by atoms with van der Waals surface area (Å²) < 4.78 is 5.79. The molecule has 0 aromatic carbocycles. The summed E-state index contributed by atoms with van der Waals surface area (Å²) in [5, 5.41) is 0.273. The zero-order valence-corrected chi connectivity index (χ0v) is 12.0. The van der Waals surface area contributed by atoms with Crippen molar-refractivity contribution >= 4 is 23.4 Å². The average molecular weight is 265 g/mol. The lowest BCUT2D eigenvalue weighted by Gasteiger charge is -2.14. The minimum atomic E-state index is 0.273. The quantitative estimate of drug-likeness (QED) is 0.449. The van der Waals surface area contributed by atoms with Gasteiger partial charge in [0.2, 0.25) is 0 Å². The number of alkyl halides is 1. The minimum Gasteiger partial charge on any atom is -0.376 e. The lowest BCUT2D eigenvalue weighted by Crippen LogP contribution is -2.19. The Bertz CT molecular complexity index is 166. The molecule has 0 bridgehead atoms. The first-order chi connectivity index (χ1) is 7.84. The van der Waals surface area contributed by atoms with Gasteiger partial charge in [0.25, 0.3) is 0 Å². The van der Waals surface area contributed by atoms with Crippen LogP contribution in [0.2, 0.25) is 0 Å². The maximum absolute atomic E-state index is 6.14. The molecule has 0 aromatic rings. The van der Waals surface area contributed by atoms with Crippen LogP contribution in [0.1, 0.15) is 51.9 Å². The number of halogens is 1. The summed E-state index contributed by atoms with van der Waals surface area (Å²) in [4.78, 5) is 0. The molecular weight excluding hydrogens is 240 g/mol. The van der Waals surface area contributed by atoms with Gasteiger partial charge in [-0.25, -0.2) is 0 Å². The molecule has 1 aliphatic rings. The van der Waals surface area contributed by atoms with Gasteiger partial charge in [-0.05, 0) is 31.4 Å². The van der Waals surface area contributed by atoms with Crippen LogP contribution in [0.25, 0.3) is 0 Å². The highest BCUT2D eigenvalue weighted by Crippen LogP contribution is 2.26. The smallest absolute Gasteiger partial charge is 0.0739 e. The van der Waals surface area contributed by atoms with Crippen molar-refractivity contribution in [2.45, 2.75) is 63.4 Å². The highest BCUT2D eigenvalue weighted by Gasteiger charge is 2.25. The van der Waals surface area contributed by atoms with E-state index in [1.54, 1.807) is 0 Å². The largest absolute Gasteiger partial charge is 0.376 e. The standard InChI is InChI=1S/C13H25ClOS/c1-2-3-4-5-10-16-11-9-15-13-8-6-7-12(13)14/h12-13H,2-11H2,1H3. The van der Waals surface area contributed by atoms with Crippen molar-refractivity contribution in [3.8, 4) is 0 Å². The van der Waals surface area contributed by atoms with Crippen LogP contribution in [0.5, 0.6) is 0 Å². The van der Waals surface area contributed by atoms with Crippen molar-refractivity contribution in [2.24, 2.45) is 0 Å². The molecule has 0 heterocycles. The van der Waals surface area contributed by atoms with Gasteiger partial charge in [-0.3, -0.25) is 0 Å². The first kappa shape index (κ1) is 14.7. The number of ether oxygens (including phenoxy) is 1. The van der Waals surface area contributed by atoms with Crippen LogP contribution < -0.4 is 0 Å². The molecule has 0 aliphatic heterocycles. The molecule has 0 spiro atoms. The molecule has 16 heavy (non-hydrogen) atoms. The fraction of sp³-hybridized carbons (Fsp3) is 1.00. The number of rotatable bonds is 9. The molecule has 1 aliphatic carbocycles. The van der Waals surface area contributed by atoms with Gasteiger partial charge in [-0.2, -0.15) is 11.8 Å². The van der Waals surface area contributed by atoms with Gasteiger partial charge in [0, 0.05) is 5.75 Å². The number of hydrogen-bond donors (Lipinski definition) is 0. The van der Waals surface area contributed by atoms with E-state index in [0.29, 0.717) is 6.10 Å². The van der Waals surface area contributed by atoms with Crippen LogP contribution in [-0.2, 0) is 4.74 Å². The van der Waals surface area contributed by atoms with E-state index in [1.807, 2.05) is 11.8 Å². The molecule has 1 rings (SSSR count). The van der Waals surface area contributed by atoms with Crippen LogP contribution in [-0.4, -0.2) is 29.6 Å². The Kier molecular flexibility index (Phi) is 8.81. The number of hydrogen-bond acceptors (Lipinski definition) is 2. The summed E-state index contributed by atoms with van der Waals surface area (Å²) in [5.41, 5.74) is 0. The lowest BCUT2D eigenvalue weighted by atomic mass is 10.2. The molecule has 96 valence electrons. The van der Waals surface area contributed by atoms with Gasteiger partial charge in [-0.1, -0.05) is 26.2 Å². The van der Waals surface area contributed by atoms with E-state index in [-0.39, 0.29) is 5.38 Å². The molecule has 2 unspecified atom stereocenters. The molecule has 1 saturated carbocycles. The fourth-order valence-corrected chi connectivity index (χ4v) is 3.24. The predicted octanol–water partition coefficient (Wildman–Crippen LogP) is 4.48. The SMILES string of the molecule is CCCCCCSCCOC1CCCC1Cl. The zero-order chi connectivity index (χ0) is 11.6. The first-order valence-corrected chi connectivity index (χ1v) is 8.27. The highest BCUT2D eigenvalue weighted by atomic mass is 35.5. The second-order valence-corrected chi connectivity index (χ2v) is 6.31. The van der Waals surface area contributed by atoms with Gasteiger partial charge in [0.05, 0.1) is 18.1 Å². The number of unbranched alkanes of at least 4 members (excludes halogenated alkanes) is 3. The molecule has 0 saturated heterocycles. The summed E-state index contributed by atoms with van der Waals surface area (Å²) in [7, 11) is 0. The van der Waals surface area contributed by atoms with Crippen molar-refractivity contribution in [2.75, 3.05) is 18.1 Å². The molecule has 1 nitrogen and oxygen atoms in total. The molecule has 3 heteroatoms. The van der Waals surface area contributed by atoms with Gasteiger partial charge in [0.15, 0.2) is 0 Å². The second-order valence-electron chi connectivity index (χ2n) is 4.53. The van der Waals surface area contributed by atoms with Gasteiger partial charge >= 0.3 is 0 Å². The normalized spacial score (nSPS) is 25.1. The van der Waals surface area contributed by atoms with Gasteiger partial charge in [0.1, 0.15) is 0 Å². The van der Waals surface area contributed by atoms with Crippen LogP contribution in [0.4, 0.5) is 0 Å². The minimum absolute atomic E-state index is 0.273. The van der Waals surface area contributed by atoms with E-state index in [0.717, 1.165) is 25.2 Å². The first-order valence-electron chi connectivity index (χ1n) is 6.68. The Labute approximate surface area is 110 Å². The highest BCUT2D eigenvalue weighted by molar-refractivity contribution is 7.99. The summed E-state index contributed by atoms with van der Waals surface area (Å²) in [6.45, 7) is 3.14. The Morgan fingerprint density at radius 1 is 1.19 bits per heavy atom. The molecular formula is C13H25ClOS. The van der Waals surface area contributed by atoms with Crippen LogP contribution in [0.3, 0.4) is 0 Å². The molecule has 2 atom stereocenters. The summed E-state index contributed by atoms with van der Waals surface area (Å²) in [6, 6.07) is 0. The van der Waals surface area contributed by atoms with E-state index in [1.165, 1.54) is 37.9 Å². The van der Waals surface area contributed by atoms with Crippen LogP contribution >= 0.6 is 23.4 Å². The van der Waals surface area contributed by atoms with E-state index in [9.17, 15) is 0 Å². The van der Waals surface area contributed by atoms with E-state index in [4.69, 9.17) is 16.3 Å². The zero-order valence-electron chi connectivity index (χ0n) is 10.4. The average Bonchev–Trinajstić information content (AvgIpc) is 2.68. The maximum Gasteiger partial charge on any atom is 0.0739 e. The van der Waals surface area contributed by atoms with Crippen molar-refractivity contribution in [1.29, 1.82) is 0 Å². The Morgan fingerprint density at radius 2 is 2.06 bits per heavy atom. The second kappa shape index (κ2) is 9.61. The van der Waals surface area contributed by atoms with E-state index < -0.39 is 0 Å². The summed E-state index contributed by atoms with van der Waals surface area (Å²) in [6.07, 6.45) is 9.33. The monoisotopic (exact) mass is 264 g/mol. The molecule has 0 amide bonds.